The molecule has 29 heavy (non-hydrogen) atoms. The standard InChI is InChI=1S/C23H24N2O4/c1-15(17-8-9-21-22(12-17)29-11-5-10-28-21)24-23(27)13-25-16(2)19(14-26)18-6-3-4-7-20(18)25/h3-4,6-9,12,14-15H,5,10-11,13H2,1-2H3,(H,24,27)/t15-/m0/s1. The molecule has 0 saturated heterocycles. The number of amides is 1. The molecule has 4 rings (SSSR count). The third-order valence-electron chi connectivity index (χ3n) is 5.35. The van der Waals surface area contributed by atoms with Crippen LogP contribution in [0.2, 0.25) is 0 Å². The van der Waals surface area contributed by atoms with Gasteiger partial charge in [-0.1, -0.05) is 24.3 Å². The van der Waals surface area contributed by atoms with Crippen LogP contribution in [-0.2, 0) is 11.3 Å². The van der Waals surface area contributed by atoms with E-state index in [1.165, 1.54) is 0 Å². The second-order valence-corrected chi connectivity index (χ2v) is 7.27. The van der Waals surface area contributed by atoms with Crippen LogP contribution in [-0.4, -0.2) is 30.0 Å². The van der Waals surface area contributed by atoms with Gasteiger partial charge in [-0.15, -0.1) is 0 Å². The lowest BCUT2D eigenvalue weighted by Gasteiger charge is -2.17. The minimum Gasteiger partial charge on any atom is -0.490 e. The molecule has 6 heteroatoms. The zero-order chi connectivity index (χ0) is 20.4. The zero-order valence-electron chi connectivity index (χ0n) is 16.6. The average molecular weight is 392 g/mol. The van der Waals surface area contributed by atoms with Gasteiger partial charge in [-0.2, -0.15) is 0 Å². The monoisotopic (exact) mass is 392 g/mol. The van der Waals surface area contributed by atoms with E-state index in [1.807, 2.05) is 60.9 Å². The number of para-hydroxylation sites is 1. The number of rotatable bonds is 5. The van der Waals surface area contributed by atoms with Gasteiger partial charge in [-0.3, -0.25) is 9.59 Å². The molecule has 1 aliphatic rings. The van der Waals surface area contributed by atoms with Crippen LogP contribution in [0.4, 0.5) is 0 Å². The largest absolute Gasteiger partial charge is 0.490 e. The number of hydrogen-bond acceptors (Lipinski definition) is 4. The van der Waals surface area contributed by atoms with Crippen LogP contribution in [0.25, 0.3) is 10.9 Å². The molecule has 2 aromatic carbocycles. The second-order valence-electron chi connectivity index (χ2n) is 7.27. The molecule has 3 aromatic rings. The molecule has 0 radical (unpaired) electrons. The summed E-state index contributed by atoms with van der Waals surface area (Å²) in [5.74, 6) is 1.33. The zero-order valence-corrected chi connectivity index (χ0v) is 16.6. The van der Waals surface area contributed by atoms with E-state index >= 15 is 0 Å². The van der Waals surface area contributed by atoms with Gasteiger partial charge < -0.3 is 19.4 Å². The van der Waals surface area contributed by atoms with Crippen LogP contribution < -0.4 is 14.8 Å². The maximum Gasteiger partial charge on any atom is 0.240 e. The van der Waals surface area contributed by atoms with Crippen LogP contribution in [0.3, 0.4) is 0 Å². The Balaban J connectivity index is 1.52. The fourth-order valence-corrected chi connectivity index (χ4v) is 3.77. The first-order valence-electron chi connectivity index (χ1n) is 9.80. The molecular weight excluding hydrogens is 368 g/mol. The van der Waals surface area contributed by atoms with E-state index in [0.29, 0.717) is 24.5 Å². The third kappa shape index (κ3) is 3.70. The van der Waals surface area contributed by atoms with Gasteiger partial charge in [0, 0.05) is 28.6 Å². The Kier molecular flexibility index (Phi) is 5.25. The first-order chi connectivity index (χ1) is 14.1. The summed E-state index contributed by atoms with van der Waals surface area (Å²) in [4.78, 5) is 24.3. The van der Waals surface area contributed by atoms with Crippen LogP contribution in [0, 0.1) is 6.92 Å². The average Bonchev–Trinajstić information content (AvgIpc) is 2.87. The summed E-state index contributed by atoms with van der Waals surface area (Å²) in [7, 11) is 0. The number of nitrogens with one attached hydrogen (secondary N) is 1. The summed E-state index contributed by atoms with van der Waals surface area (Å²) < 4.78 is 13.3. The van der Waals surface area contributed by atoms with Gasteiger partial charge in [0.1, 0.15) is 6.54 Å². The first-order valence-corrected chi connectivity index (χ1v) is 9.80. The second kappa shape index (κ2) is 7.99. The van der Waals surface area contributed by atoms with Crippen molar-refractivity contribution in [3.05, 3.63) is 59.3 Å². The van der Waals surface area contributed by atoms with Crippen molar-refractivity contribution in [3.63, 3.8) is 0 Å². The van der Waals surface area contributed by atoms with E-state index in [9.17, 15) is 9.59 Å². The topological polar surface area (TPSA) is 69.6 Å². The van der Waals surface area contributed by atoms with Gasteiger partial charge in [0.15, 0.2) is 17.8 Å². The van der Waals surface area contributed by atoms with Crippen molar-refractivity contribution in [3.8, 4) is 11.5 Å². The number of aromatic nitrogens is 1. The van der Waals surface area contributed by atoms with Crippen molar-refractivity contribution in [2.45, 2.75) is 32.9 Å². The van der Waals surface area contributed by atoms with Gasteiger partial charge in [-0.25, -0.2) is 0 Å². The summed E-state index contributed by atoms with van der Waals surface area (Å²) in [6.45, 7) is 5.22. The fraction of sp³-hybridized carbons (Fsp3) is 0.304. The fourth-order valence-electron chi connectivity index (χ4n) is 3.77. The Hall–Kier alpha value is -3.28. The van der Waals surface area contributed by atoms with Crippen LogP contribution in [0.15, 0.2) is 42.5 Å². The van der Waals surface area contributed by atoms with Gasteiger partial charge in [0.05, 0.1) is 19.3 Å². The summed E-state index contributed by atoms with van der Waals surface area (Å²) in [5.41, 5.74) is 3.25. The molecular formula is C23H24N2O4. The van der Waals surface area contributed by atoms with Crippen molar-refractivity contribution in [1.29, 1.82) is 0 Å². The summed E-state index contributed by atoms with van der Waals surface area (Å²) in [5, 5.41) is 3.91. The molecule has 6 nitrogen and oxygen atoms in total. The molecule has 0 unspecified atom stereocenters. The Bertz CT molecular complexity index is 1070. The smallest absolute Gasteiger partial charge is 0.240 e. The minimum atomic E-state index is -0.188. The number of benzene rings is 2. The van der Waals surface area contributed by atoms with Crippen LogP contribution >= 0.6 is 0 Å². The van der Waals surface area contributed by atoms with E-state index < -0.39 is 0 Å². The number of fused-ring (bicyclic) bond motifs is 2. The summed E-state index contributed by atoms with van der Waals surface area (Å²) >= 11 is 0. The summed E-state index contributed by atoms with van der Waals surface area (Å²) in [6, 6.07) is 13.2. The molecule has 150 valence electrons. The molecule has 0 fully saturated rings. The van der Waals surface area contributed by atoms with Crippen molar-refractivity contribution < 1.29 is 19.1 Å². The maximum absolute atomic E-state index is 12.8. The number of aldehydes is 1. The quantitative estimate of drug-likeness (QED) is 0.671. The van der Waals surface area contributed by atoms with Crippen molar-refractivity contribution in [2.75, 3.05) is 13.2 Å². The highest BCUT2D eigenvalue weighted by atomic mass is 16.5. The van der Waals surface area contributed by atoms with Crippen molar-refractivity contribution in [2.24, 2.45) is 0 Å². The molecule has 1 aliphatic heterocycles. The lowest BCUT2D eigenvalue weighted by Crippen LogP contribution is -2.30. The van der Waals surface area contributed by atoms with E-state index in [-0.39, 0.29) is 18.5 Å². The molecule has 2 heterocycles. The highest BCUT2D eigenvalue weighted by Crippen LogP contribution is 2.32. The third-order valence-corrected chi connectivity index (χ3v) is 5.35. The molecule has 1 aromatic heterocycles. The lowest BCUT2D eigenvalue weighted by atomic mass is 10.1. The summed E-state index contributed by atoms with van der Waals surface area (Å²) in [6.07, 6.45) is 1.70. The van der Waals surface area contributed by atoms with Gasteiger partial charge in [0.2, 0.25) is 5.91 Å². The van der Waals surface area contributed by atoms with Crippen molar-refractivity contribution in [1.82, 2.24) is 9.88 Å². The molecule has 0 saturated carbocycles. The Morgan fingerprint density at radius 2 is 1.93 bits per heavy atom. The van der Waals surface area contributed by atoms with Gasteiger partial charge in [0.25, 0.3) is 0 Å². The number of ether oxygens (including phenoxy) is 2. The normalized spacial score (nSPS) is 14.3. The van der Waals surface area contributed by atoms with Crippen LogP contribution in [0.5, 0.6) is 11.5 Å². The maximum atomic E-state index is 12.8. The number of carbonyl (C=O) groups excluding carboxylic acids is 2. The number of carbonyl (C=O) groups is 2. The number of hydrogen-bond donors (Lipinski definition) is 1. The van der Waals surface area contributed by atoms with Crippen molar-refractivity contribution >= 4 is 23.1 Å². The molecule has 1 amide bonds. The Morgan fingerprint density at radius 1 is 1.17 bits per heavy atom. The lowest BCUT2D eigenvalue weighted by molar-refractivity contribution is -0.122. The molecule has 1 atom stereocenters. The molecule has 0 bridgehead atoms. The number of nitrogens with zero attached hydrogens (tertiary/aromatic N) is 1. The predicted octanol–water partition coefficient (Wildman–Crippen LogP) is 3.80. The van der Waals surface area contributed by atoms with E-state index in [0.717, 1.165) is 40.6 Å². The predicted molar refractivity (Wildman–Crippen MR) is 111 cm³/mol. The van der Waals surface area contributed by atoms with E-state index in [4.69, 9.17) is 9.47 Å². The van der Waals surface area contributed by atoms with E-state index in [2.05, 4.69) is 5.32 Å². The molecule has 0 aliphatic carbocycles. The Labute approximate surface area is 169 Å². The van der Waals surface area contributed by atoms with Gasteiger partial charge in [-0.05, 0) is 37.6 Å². The highest BCUT2D eigenvalue weighted by molar-refractivity contribution is 6.00. The first kappa shape index (κ1) is 19.1. The molecule has 0 spiro atoms. The van der Waals surface area contributed by atoms with E-state index in [1.54, 1.807) is 0 Å². The van der Waals surface area contributed by atoms with Crippen LogP contribution in [0.1, 0.15) is 41.0 Å². The SMILES string of the molecule is Cc1c(C=O)c2ccccc2n1CC(=O)N[C@@H](C)c1ccc2c(c1)OCCCO2. The highest BCUT2D eigenvalue weighted by Gasteiger charge is 2.18. The Morgan fingerprint density at radius 3 is 2.72 bits per heavy atom. The molecule has 1 N–H and O–H groups in total. The minimum absolute atomic E-state index is 0.120. The van der Waals surface area contributed by atoms with Gasteiger partial charge >= 0.3 is 0 Å².